The second kappa shape index (κ2) is 6.41. The maximum atomic E-state index is 9.06. The van der Waals surface area contributed by atoms with Gasteiger partial charge in [-0.1, -0.05) is 17.7 Å². The maximum absolute atomic E-state index is 9.06. The summed E-state index contributed by atoms with van der Waals surface area (Å²) in [4.78, 5) is 4.67. The molecule has 1 aromatic carbocycles. The first kappa shape index (κ1) is 13.7. The van der Waals surface area contributed by atoms with Gasteiger partial charge >= 0.3 is 0 Å². The van der Waals surface area contributed by atoms with Gasteiger partial charge in [-0.2, -0.15) is 0 Å². The second-order valence-corrected chi connectivity index (χ2v) is 5.32. The van der Waals surface area contributed by atoms with Crippen LogP contribution in [0, 0.1) is 0 Å². The Hall–Kier alpha value is -0.770. The largest absolute Gasteiger partial charge is 0.392 e. The molecular formula is C14H21ClN2O. The fourth-order valence-corrected chi connectivity index (χ4v) is 2.72. The van der Waals surface area contributed by atoms with E-state index in [-0.39, 0.29) is 6.61 Å². The molecule has 1 aliphatic heterocycles. The number of halogens is 1. The first-order valence-electron chi connectivity index (χ1n) is 6.53. The predicted molar refractivity (Wildman–Crippen MR) is 76.3 cm³/mol. The van der Waals surface area contributed by atoms with Crippen LogP contribution in [0.15, 0.2) is 18.2 Å². The Kier molecular flexibility index (Phi) is 4.87. The molecule has 3 nitrogen and oxygen atoms in total. The zero-order valence-electron chi connectivity index (χ0n) is 10.9. The van der Waals surface area contributed by atoms with Crippen molar-refractivity contribution in [2.24, 2.45) is 0 Å². The average Bonchev–Trinajstić information content (AvgIpc) is 2.88. The Morgan fingerprint density at radius 2 is 2.06 bits per heavy atom. The molecule has 1 N–H and O–H groups in total. The lowest BCUT2D eigenvalue weighted by molar-refractivity contribution is 0.282. The average molecular weight is 269 g/mol. The van der Waals surface area contributed by atoms with Crippen LogP contribution in [0.4, 0.5) is 5.69 Å². The van der Waals surface area contributed by atoms with Crippen LogP contribution in [0.2, 0.25) is 5.02 Å². The number of aliphatic hydroxyl groups excluding tert-OH is 1. The summed E-state index contributed by atoms with van der Waals surface area (Å²) in [6, 6.07) is 5.74. The van der Waals surface area contributed by atoms with Gasteiger partial charge in [-0.15, -0.1) is 0 Å². The van der Waals surface area contributed by atoms with E-state index in [4.69, 9.17) is 16.7 Å². The topological polar surface area (TPSA) is 26.7 Å². The minimum atomic E-state index is 0.0392. The lowest BCUT2D eigenvalue weighted by atomic mass is 10.2. The summed E-state index contributed by atoms with van der Waals surface area (Å²) in [6.07, 6.45) is 2.66. The Bertz CT molecular complexity index is 391. The van der Waals surface area contributed by atoms with E-state index in [2.05, 4.69) is 16.8 Å². The van der Waals surface area contributed by atoms with Crippen molar-refractivity contribution in [1.82, 2.24) is 4.90 Å². The molecule has 1 saturated heterocycles. The van der Waals surface area contributed by atoms with Gasteiger partial charge in [0.15, 0.2) is 0 Å². The molecule has 0 aliphatic carbocycles. The zero-order chi connectivity index (χ0) is 13.0. The summed E-state index contributed by atoms with van der Waals surface area (Å²) in [6.45, 7) is 4.57. The third kappa shape index (κ3) is 3.37. The van der Waals surface area contributed by atoms with Gasteiger partial charge in [0.1, 0.15) is 0 Å². The summed E-state index contributed by atoms with van der Waals surface area (Å²) in [5.74, 6) is 0. The van der Waals surface area contributed by atoms with Gasteiger partial charge in [-0.3, -0.25) is 0 Å². The summed E-state index contributed by atoms with van der Waals surface area (Å²) in [7, 11) is 2.07. The van der Waals surface area contributed by atoms with E-state index in [0.29, 0.717) is 5.02 Å². The number of benzene rings is 1. The number of nitrogens with zero attached hydrogens (tertiary/aromatic N) is 2. The summed E-state index contributed by atoms with van der Waals surface area (Å²) < 4.78 is 0. The van der Waals surface area contributed by atoms with E-state index < -0.39 is 0 Å². The third-order valence-corrected chi connectivity index (χ3v) is 3.86. The van der Waals surface area contributed by atoms with Crippen molar-refractivity contribution in [2.75, 3.05) is 38.1 Å². The molecular weight excluding hydrogens is 248 g/mol. The van der Waals surface area contributed by atoms with Crippen LogP contribution in [0.25, 0.3) is 0 Å². The van der Waals surface area contributed by atoms with Crippen molar-refractivity contribution in [3.8, 4) is 0 Å². The molecule has 1 aromatic rings. The van der Waals surface area contributed by atoms with Gasteiger partial charge in [0, 0.05) is 20.1 Å². The van der Waals surface area contributed by atoms with E-state index in [1.165, 1.54) is 25.9 Å². The molecule has 1 heterocycles. The Morgan fingerprint density at radius 3 is 2.67 bits per heavy atom. The van der Waals surface area contributed by atoms with E-state index in [0.717, 1.165) is 24.3 Å². The van der Waals surface area contributed by atoms with E-state index >= 15 is 0 Å². The monoisotopic (exact) mass is 268 g/mol. The van der Waals surface area contributed by atoms with Crippen LogP contribution in [-0.2, 0) is 6.61 Å². The molecule has 0 aromatic heterocycles. The number of rotatable bonds is 5. The van der Waals surface area contributed by atoms with E-state index in [1.807, 2.05) is 18.2 Å². The highest BCUT2D eigenvalue weighted by molar-refractivity contribution is 6.33. The first-order chi connectivity index (χ1) is 8.70. The van der Waals surface area contributed by atoms with E-state index in [9.17, 15) is 0 Å². The van der Waals surface area contributed by atoms with Crippen LogP contribution in [-0.4, -0.2) is 43.2 Å². The van der Waals surface area contributed by atoms with Crippen LogP contribution in [0.3, 0.4) is 0 Å². The van der Waals surface area contributed by atoms with Gasteiger partial charge in [0.2, 0.25) is 0 Å². The first-order valence-corrected chi connectivity index (χ1v) is 6.91. The number of anilines is 1. The van der Waals surface area contributed by atoms with Crippen molar-refractivity contribution >= 4 is 17.3 Å². The zero-order valence-corrected chi connectivity index (χ0v) is 11.7. The van der Waals surface area contributed by atoms with Crippen molar-refractivity contribution in [3.63, 3.8) is 0 Å². The SMILES string of the molecule is CN(CCN1CCCC1)c1ccc(CO)cc1Cl. The van der Waals surface area contributed by atoms with Gasteiger partial charge in [0.05, 0.1) is 17.3 Å². The molecule has 0 amide bonds. The normalized spacial score (nSPS) is 16.2. The van der Waals surface area contributed by atoms with Crippen molar-refractivity contribution in [2.45, 2.75) is 19.4 Å². The smallest absolute Gasteiger partial charge is 0.0682 e. The molecule has 0 bridgehead atoms. The highest BCUT2D eigenvalue weighted by Crippen LogP contribution is 2.26. The quantitative estimate of drug-likeness (QED) is 0.888. The molecule has 0 atom stereocenters. The minimum Gasteiger partial charge on any atom is -0.392 e. The van der Waals surface area contributed by atoms with Crippen molar-refractivity contribution in [3.05, 3.63) is 28.8 Å². The lowest BCUT2D eigenvalue weighted by Gasteiger charge is -2.24. The van der Waals surface area contributed by atoms with Gasteiger partial charge in [0.25, 0.3) is 0 Å². The Morgan fingerprint density at radius 1 is 1.33 bits per heavy atom. The molecule has 0 unspecified atom stereocenters. The summed E-state index contributed by atoms with van der Waals surface area (Å²) >= 11 is 6.23. The standard InChI is InChI=1S/C14H21ClN2O/c1-16(8-9-17-6-2-3-7-17)14-5-4-12(11-18)10-13(14)15/h4-5,10,18H,2-3,6-9,11H2,1H3. The van der Waals surface area contributed by atoms with Crippen LogP contribution < -0.4 is 4.90 Å². The third-order valence-electron chi connectivity index (χ3n) is 3.56. The maximum Gasteiger partial charge on any atom is 0.0682 e. The molecule has 0 saturated carbocycles. The molecule has 100 valence electrons. The summed E-state index contributed by atoms with van der Waals surface area (Å²) in [5, 5.41) is 9.77. The van der Waals surface area contributed by atoms with Gasteiger partial charge in [-0.05, 0) is 43.6 Å². The molecule has 2 rings (SSSR count). The van der Waals surface area contributed by atoms with Crippen LogP contribution >= 0.6 is 11.6 Å². The number of hydrogen-bond donors (Lipinski definition) is 1. The fourth-order valence-electron chi connectivity index (χ4n) is 2.38. The second-order valence-electron chi connectivity index (χ2n) is 4.91. The van der Waals surface area contributed by atoms with Gasteiger partial charge < -0.3 is 14.9 Å². The number of aliphatic hydroxyl groups is 1. The molecule has 18 heavy (non-hydrogen) atoms. The fraction of sp³-hybridized carbons (Fsp3) is 0.571. The highest BCUT2D eigenvalue weighted by atomic mass is 35.5. The van der Waals surface area contributed by atoms with Crippen molar-refractivity contribution in [1.29, 1.82) is 0 Å². The number of likely N-dealkylation sites (tertiary alicyclic amines) is 1. The van der Waals surface area contributed by atoms with Crippen LogP contribution in [0.1, 0.15) is 18.4 Å². The number of likely N-dealkylation sites (N-methyl/N-ethyl adjacent to an activating group) is 1. The highest BCUT2D eigenvalue weighted by Gasteiger charge is 2.13. The molecule has 4 heteroatoms. The molecule has 0 spiro atoms. The van der Waals surface area contributed by atoms with Crippen molar-refractivity contribution < 1.29 is 5.11 Å². The molecule has 0 radical (unpaired) electrons. The van der Waals surface area contributed by atoms with E-state index in [1.54, 1.807) is 0 Å². The minimum absolute atomic E-state index is 0.0392. The Labute approximate surface area is 114 Å². The Balaban J connectivity index is 1.93. The van der Waals surface area contributed by atoms with Crippen LogP contribution in [0.5, 0.6) is 0 Å². The predicted octanol–water partition coefficient (Wildman–Crippen LogP) is 2.36. The molecule has 1 aliphatic rings. The lowest BCUT2D eigenvalue weighted by Crippen LogP contribution is -2.31. The van der Waals surface area contributed by atoms with Gasteiger partial charge in [-0.25, -0.2) is 0 Å². The molecule has 1 fully saturated rings. The summed E-state index contributed by atoms with van der Waals surface area (Å²) in [5.41, 5.74) is 1.89. The number of hydrogen-bond acceptors (Lipinski definition) is 3.